The average Bonchev–Trinajstić information content (AvgIpc) is 3.85. The van der Waals surface area contributed by atoms with Gasteiger partial charge in [-0.3, -0.25) is 0 Å². The monoisotopic (exact) mass is 804 g/mol. The van der Waals surface area contributed by atoms with Gasteiger partial charge < -0.3 is 9.30 Å². The largest absolute Gasteiger partial charge is 0.457 e. The molecule has 0 saturated heterocycles. The molecule has 63 heavy (non-hydrogen) atoms. The van der Waals surface area contributed by atoms with E-state index in [2.05, 4.69) is 199 Å². The van der Waals surface area contributed by atoms with Crippen LogP contribution in [0.5, 0.6) is 11.5 Å². The lowest BCUT2D eigenvalue weighted by Crippen LogP contribution is -2.32. The second-order valence-electron chi connectivity index (χ2n) is 16.3. The lowest BCUT2D eigenvalue weighted by atomic mass is 9.66. The van der Waals surface area contributed by atoms with E-state index in [0.717, 1.165) is 61.7 Å². The van der Waals surface area contributed by atoms with Crippen molar-refractivity contribution in [1.82, 2.24) is 19.5 Å². The first-order chi connectivity index (χ1) is 31.2. The Morgan fingerprint density at radius 1 is 0.365 bits per heavy atom. The predicted octanol–water partition coefficient (Wildman–Crippen LogP) is 14.1. The Labute approximate surface area is 364 Å². The molecule has 1 spiro atoms. The number of nitrogens with zero attached hydrogens (tertiary/aromatic N) is 4. The van der Waals surface area contributed by atoms with Gasteiger partial charge in [-0.25, -0.2) is 15.0 Å². The number of ether oxygens (including phenoxy) is 1. The summed E-state index contributed by atoms with van der Waals surface area (Å²) in [6.07, 6.45) is 0. The summed E-state index contributed by atoms with van der Waals surface area (Å²) in [5.41, 5.74) is 14.7. The van der Waals surface area contributed by atoms with Crippen molar-refractivity contribution in [3.8, 4) is 73.6 Å². The maximum atomic E-state index is 6.77. The van der Waals surface area contributed by atoms with Crippen LogP contribution in [0.3, 0.4) is 0 Å². The van der Waals surface area contributed by atoms with E-state index in [0.29, 0.717) is 17.5 Å². The van der Waals surface area contributed by atoms with Crippen LogP contribution in [0.15, 0.2) is 218 Å². The van der Waals surface area contributed by atoms with Crippen molar-refractivity contribution in [2.45, 2.75) is 5.41 Å². The van der Waals surface area contributed by atoms with Gasteiger partial charge in [-0.1, -0.05) is 182 Å². The maximum Gasteiger partial charge on any atom is 0.164 e. The first-order valence-corrected chi connectivity index (χ1v) is 21.4. The van der Waals surface area contributed by atoms with Gasteiger partial charge >= 0.3 is 0 Å². The number of aromatic nitrogens is 4. The summed E-state index contributed by atoms with van der Waals surface area (Å²) in [5, 5.41) is 2.43. The first kappa shape index (κ1) is 35.4. The Morgan fingerprint density at radius 3 is 1.56 bits per heavy atom. The lowest BCUT2D eigenvalue weighted by Gasteiger charge is -2.39. The zero-order valence-corrected chi connectivity index (χ0v) is 34.0. The van der Waals surface area contributed by atoms with E-state index in [1.54, 1.807) is 0 Å². The van der Waals surface area contributed by atoms with Crippen molar-refractivity contribution in [2.75, 3.05) is 0 Å². The summed E-state index contributed by atoms with van der Waals surface area (Å²) in [4.78, 5) is 15.6. The van der Waals surface area contributed by atoms with Gasteiger partial charge in [0.1, 0.15) is 11.5 Å². The summed E-state index contributed by atoms with van der Waals surface area (Å²) in [5.74, 6) is 3.54. The molecular formula is C58H36N4O. The molecule has 5 nitrogen and oxygen atoms in total. The summed E-state index contributed by atoms with van der Waals surface area (Å²) in [6, 6.07) is 77.2. The fourth-order valence-corrected chi connectivity index (χ4v) is 10.2. The molecular weight excluding hydrogens is 769 g/mol. The lowest BCUT2D eigenvalue weighted by molar-refractivity contribution is 0.436. The molecule has 0 N–H and O–H groups in total. The Hall–Kier alpha value is -8.41. The smallest absolute Gasteiger partial charge is 0.164 e. The fraction of sp³-hybridized carbons (Fsp3) is 0.0172. The summed E-state index contributed by atoms with van der Waals surface area (Å²) >= 11 is 0. The van der Waals surface area contributed by atoms with Crippen LogP contribution in [0.4, 0.5) is 0 Å². The highest BCUT2D eigenvalue weighted by Crippen LogP contribution is 2.64. The molecule has 0 bridgehead atoms. The van der Waals surface area contributed by atoms with Crippen LogP contribution >= 0.6 is 0 Å². The van der Waals surface area contributed by atoms with Crippen LogP contribution in [0.1, 0.15) is 22.3 Å². The summed E-state index contributed by atoms with van der Waals surface area (Å²) in [7, 11) is 0. The van der Waals surface area contributed by atoms with Crippen molar-refractivity contribution in [2.24, 2.45) is 0 Å². The van der Waals surface area contributed by atoms with Gasteiger partial charge in [0.2, 0.25) is 0 Å². The highest BCUT2D eigenvalue weighted by atomic mass is 16.5. The van der Waals surface area contributed by atoms with Gasteiger partial charge in [0.15, 0.2) is 17.5 Å². The predicted molar refractivity (Wildman–Crippen MR) is 253 cm³/mol. The van der Waals surface area contributed by atoms with Gasteiger partial charge in [0.25, 0.3) is 0 Å². The van der Waals surface area contributed by atoms with E-state index < -0.39 is 5.41 Å². The van der Waals surface area contributed by atoms with Gasteiger partial charge in [-0.15, -0.1) is 0 Å². The maximum absolute atomic E-state index is 6.77. The molecule has 2 aliphatic rings. The number of benzene rings is 9. The standard InChI is InChI=1S/C58H36N4O/c1-4-16-37(17-5-1)38-28-30-40(31-29-38)56-59-55(39-18-6-2-7-19-39)60-57(61-56)41-32-33-45-49(36-41)58(46-23-11-14-26-51(46)63-52-27-15-12-24-47(52)58)48-35-34-44-43-22-10-13-25-50(43)62(54(44)53(45)48)42-20-8-3-9-21-42/h1-36H. The third-order valence-corrected chi connectivity index (χ3v) is 12.9. The minimum absolute atomic E-state index is 0.608. The van der Waals surface area contributed by atoms with Crippen LogP contribution in [0.25, 0.3) is 83.9 Å². The minimum Gasteiger partial charge on any atom is -0.457 e. The van der Waals surface area contributed by atoms with Crippen LogP contribution in [-0.2, 0) is 5.41 Å². The number of hydrogen-bond acceptors (Lipinski definition) is 4. The second-order valence-corrected chi connectivity index (χ2v) is 16.3. The fourth-order valence-electron chi connectivity index (χ4n) is 10.2. The highest BCUT2D eigenvalue weighted by Gasteiger charge is 2.52. The van der Waals surface area contributed by atoms with Crippen molar-refractivity contribution in [3.05, 3.63) is 241 Å². The molecule has 13 rings (SSSR count). The Balaban J connectivity index is 1.10. The van der Waals surface area contributed by atoms with Crippen LogP contribution in [0, 0.1) is 0 Å². The van der Waals surface area contributed by atoms with E-state index in [-0.39, 0.29) is 0 Å². The van der Waals surface area contributed by atoms with E-state index in [1.165, 1.54) is 38.5 Å². The quantitative estimate of drug-likeness (QED) is 0.174. The van der Waals surface area contributed by atoms with Gasteiger partial charge in [-0.05, 0) is 64.2 Å². The van der Waals surface area contributed by atoms with Crippen molar-refractivity contribution in [3.63, 3.8) is 0 Å². The van der Waals surface area contributed by atoms with Crippen LogP contribution in [0.2, 0.25) is 0 Å². The molecule has 0 atom stereocenters. The van der Waals surface area contributed by atoms with Crippen LogP contribution in [-0.4, -0.2) is 19.5 Å². The minimum atomic E-state index is -0.719. The molecule has 5 heteroatoms. The van der Waals surface area contributed by atoms with E-state index >= 15 is 0 Å². The molecule has 0 fully saturated rings. The van der Waals surface area contributed by atoms with Gasteiger partial charge in [0, 0.05) is 49.8 Å². The Morgan fingerprint density at radius 2 is 0.873 bits per heavy atom. The molecule has 11 aromatic rings. The zero-order chi connectivity index (χ0) is 41.5. The van der Waals surface area contributed by atoms with E-state index in [1.807, 2.05) is 24.3 Å². The molecule has 1 aliphatic heterocycles. The van der Waals surface area contributed by atoms with E-state index in [4.69, 9.17) is 19.7 Å². The number of para-hydroxylation sites is 4. The van der Waals surface area contributed by atoms with Crippen molar-refractivity contribution >= 4 is 21.8 Å². The van der Waals surface area contributed by atoms with E-state index in [9.17, 15) is 0 Å². The van der Waals surface area contributed by atoms with Crippen LogP contribution < -0.4 is 4.74 Å². The second kappa shape index (κ2) is 13.8. The van der Waals surface area contributed by atoms with Gasteiger partial charge in [0.05, 0.1) is 16.4 Å². The average molecular weight is 805 g/mol. The number of rotatable bonds is 5. The molecule has 0 unspecified atom stereocenters. The molecule has 9 aromatic carbocycles. The third kappa shape index (κ3) is 5.27. The number of fused-ring (bicyclic) bond motifs is 13. The zero-order valence-electron chi connectivity index (χ0n) is 34.0. The molecule has 294 valence electrons. The SMILES string of the molecule is c1ccc(-c2ccc(-c3nc(-c4ccccc4)nc(-c4ccc5c(c4)C4(c6ccccc6Oc6ccccc64)c4ccc6c7ccccc7n(-c7ccccc7)c6c4-5)n3)cc2)cc1. The summed E-state index contributed by atoms with van der Waals surface area (Å²) < 4.78 is 9.21. The molecule has 0 radical (unpaired) electrons. The summed E-state index contributed by atoms with van der Waals surface area (Å²) in [6.45, 7) is 0. The molecule has 1 aliphatic carbocycles. The molecule has 0 amide bonds. The Kier molecular flexibility index (Phi) is 7.75. The first-order valence-electron chi connectivity index (χ1n) is 21.4. The molecule has 0 saturated carbocycles. The molecule has 2 aromatic heterocycles. The molecule has 3 heterocycles. The van der Waals surface area contributed by atoms with Crippen molar-refractivity contribution in [1.29, 1.82) is 0 Å². The number of hydrogen-bond donors (Lipinski definition) is 0. The Bertz CT molecular complexity index is 3530. The topological polar surface area (TPSA) is 52.8 Å². The highest BCUT2D eigenvalue weighted by molar-refractivity contribution is 6.16. The van der Waals surface area contributed by atoms with Gasteiger partial charge in [-0.2, -0.15) is 0 Å². The van der Waals surface area contributed by atoms with Crippen molar-refractivity contribution < 1.29 is 4.74 Å². The third-order valence-electron chi connectivity index (χ3n) is 12.9. The normalized spacial score (nSPS) is 13.0.